The van der Waals surface area contributed by atoms with Crippen LogP contribution in [0.4, 0.5) is 0 Å². The summed E-state index contributed by atoms with van der Waals surface area (Å²) in [4.78, 5) is 23.4. The Bertz CT molecular complexity index is 965. The Balaban J connectivity index is 1.66. The van der Waals surface area contributed by atoms with Crippen LogP contribution in [-0.2, 0) is 24.8 Å². The van der Waals surface area contributed by atoms with Crippen LogP contribution < -0.4 is 5.32 Å². The van der Waals surface area contributed by atoms with Gasteiger partial charge in [0.15, 0.2) is 0 Å². The van der Waals surface area contributed by atoms with Gasteiger partial charge in [0.05, 0.1) is 11.3 Å². The number of nitrogens with zero attached hydrogens (tertiary/aromatic N) is 3. The van der Waals surface area contributed by atoms with Gasteiger partial charge in [-0.15, -0.1) is 5.10 Å². The molecular formula is C20H20N4O3. The molecular weight excluding hydrogens is 344 g/mol. The molecule has 0 radical (unpaired) electrons. The number of carbonyl (C=O) groups is 2. The van der Waals surface area contributed by atoms with E-state index in [9.17, 15) is 14.7 Å². The van der Waals surface area contributed by atoms with Crippen LogP contribution in [-0.4, -0.2) is 32.0 Å². The fraction of sp³-hybridized carbons (Fsp3) is 0.200. The van der Waals surface area contributed by atoms with E-state index < -0.39 is 5.97 Å². The summed E-state index contributed by atoms with van der Waals surface area (Å²) in [6.07, 6.45) is 2.65. The van der Waals surface area contributed by atoms with Gasteiger partial charge in [0, 0.05) is 32.6 Å². The van der Waals surface area contributed by atoms with Crippen LogP contribution in [0.3, 0.4) is 0 Å². The van der Waals surface area contributed by atoms with Crippen molar-refractivity contribution in [2.45, 2.75) is 19.4 Å². The molecule has 0 unspecified atom stereocenters. The Hall–Kier alpha value is -3.48. The van der Waals surface area contributed by atoms with E-state index in [0.717, 1.165) is 22.4 Å². The number of nitrogens with one attached hydrogen (secondary N) is 1. The van der Waals surface area contributed by atoms with E-state index in [1.54, 1.807) is 36.1 Å². The Morgan fingerprint density at radius 1 is 1.15 bits per heavy atom. The van der Waals surface area contributed by atoms with E-state index in [-0.39, 0.29) is 11.5 Å². The first-order valence-electron chi connectivity index (χ1n) is 8.56. The first-order chi connectivity index (χ1) is 13.0. The summed E-state index contributed by atoms with van der Waals surface area (Å²) in [5, 5.41) is 19.9. The Morgan fingerprint density at radius 3 is 2.70 bits per heavy atom. The largest absolute Gasteiger partial charge is 0.478 e. The molecule has 0 aliphatic heterocycles. The number of benzene rings is 2. The predicted molar refractivity (Wildman–Crippen MR) is 100 cm³/mol. The van der Waals surface area contributed by atoms with Crippen molar-refractivity contribution < 1.29 is 14.7 Å². The fourth-order valence-corrected chi connectivity index (χ4v) is 2.81. The molecule has 3 aromatic rings. The minimum absolute atomic E-state index is 0.0743. The van der Waals surface area contributed by atoms with Gasteiger partial charge < -0.3 is 10.4 Å². The first-order valence-corrected chi connectivity index (χ1v) is 8.56. The standard InChI is InChI=1S/C20H20N4O3/c1-24-13-17(22-23-24)9-10-19(25)21-12-16-5-2-3-8-18(16)14-6-4-7-15(11-14)20(26)27/h2-8,11,13H,9-10,12H2,1H3,(H,21,25)(H,26,27). The summed E-state index contributed by atoms with van der Waals surface area (Å²) >= 11 is 0. The van der Waals surface area contributed by atoms with E-state index in [4.69, 9.17) is 0 Å². The molecule has 0 saturated heterocycles. The van der Waals surface area contributed by atoms with Gasteiger partial charge in [0.2, 0.25) is 5.91 Å². The van der Waals surface area contributed by atoms with E-state index in [1.807, 2.05) is 30.3 Å². The van der Waals surface area contributed by atoms with Crippen LogP contribution in [0.25, 0.3) is 11.1 Å². The Kier molecular flexibility index (Phi) is 5.61. The lowest BCUT2D eigenvalue weighted by molar-refractivity contribution is -0.121. The molecule has 3 rings (SSSR count). The quantitative estimate of drug-likeness (QED) is 0.671. The number of hydrogen-bond donors (Lipinski definition) is 2. The lowest BCUT2D eigenvalue weighted by Crippen LogP contribution is -2.23. The molecule has 0 atom stereocenters. The zero-order valence-electron chi connectivity index (χ0n) is 14.9. The summed E-state index contributed by atoms with van der Waals surface area (Å²) in [7, 11) is 1.78. The van der Waals surface area contributed by atoms with Gasteiger partial charge in [-0.25, -0.2) is 4.79 Å². The molecule has 1 heterocycles. The van der Waals surface area contributed by atoms with Crippen molar-refractivity contribution >= 4 is 11.9 Å². The van der Waals surface area contributed by atoms with Crippen LogP contribution in [0.2, 0.25) is 0 Å². The molecule has 27 heavy (non-hydrogen) atoms. The predicted octanol–water partition coefficient (Wildman–Crippen LogP) is 2.43. The minimum atomic E-state index is -0.966. The van der Waals surface area contributed by atoms with Crippen LogP contribution in [0, 0.1) is 0 Å². The summed E-state index contributed by atoms with van der Waals surface area (Å²) in [6, 6.07) is 14.4. The highest BCUT2D eigenvalue weighted by Gasteiger charge is 2.10. The van der Waals surface area contributed by atoms with E-state index in [1.165, 1.54) is 0 Å². The monoisotopic (exact) mass is 364 g/mol. The third-order valence-electron chi connectivity index (χ3n) is 4.17. The molecule has 0 fully saturated rings. The molecule has 2 N–H and O–H groups in total. The highest BCUT2D eigenvalue weighted by Crippen LogP contribution is 2.24. The maximum absolute atomic E-state index is 12.1. The molecule has 1 aromatic heterocycles. The smallest absolute Gasteiger partial charge is 0.335 e. The van der Waals surface area contributed by atoms with Crippen LogP contribution >= 0.6 is 0 Å². The highest BCUT2D eigenvalue weighted by atomic mass is 16.4. The summed E-state index contributed by atoms with van der Waals surface area (Å²) < 4.78 is 1.61. The fourth-order valence-electron chi connectivity index (χ4n) is 2.81. The van der Waals surface area contributed by atoms with E-state index in [2.05, 4.69) is 15.6 Å². The van der Waals surface area contributed by atoms with Gasteiger partial charge in [-0.3, -0.25) is 9.48 Å². The number of rotatable bonds is 7. The number of aromatic nitrogens is 3. The zero-order chi connectivity index (χ0) is 19.2. The average molecular weight is 364 g/mol. The number of aryl methyl sites for hydroxylation is 2. The summed E-state index contributed by atoms with van der Waals surface area (Å²) in [5.74, 6) is -1.04. The Morgan fingerprint density at radius 2 is 1.96 bits per heavy atom. The number of carboxylic acid groups (broad SMARTS) is 1. The van der Waals surface area contributed by atoms with Gasteiger partial charge in [-0.2, -0.15) is 0 Å². The number of carbonyl (C=O) groups excluding carboxylic acids is 1. The lowest BCUT2D eigenvalue weighted by atomic mass is 9.98. The third-order valence-corrected chi connectivity index (χ3v) is 4.17. The third kappa shape index (κ3) is 4.78. The highest BCUT2D eigenvalue weighted by molar-refractivity contribution is 5.89. The SMILES string of the molecule is Cn1cc(CCC(=O)NCc2ccccc2-c2cccc(C(=O)O)c2)nn1. The maximum atomic E-state index is 12.1. The number of hydrogen-bond acceptors (Lipinski definition) is 4. The molecule has 1 amide bonds. The second kappa shape index (κ2) is 8.27. The normalized spacial score (nSPS) is 10.6. The van der Waals surface area contributed by atoms with Crippen molar-refractivity contribution in [1.29, 1.82) is 0 Å². The van der Waals surface area contributed by atoms with Gasteiger partial charge in [-0.1, -0.05) is 41.6 Å². The van der Waals surface area contributed by atoms with Gasteiger partial charge in [0.1, 0.15) is 0 Å². The average Bonchev–Trinajstić information content (AvgIpc) is 3.10. The van der Waals surface area contributed by atoms with Crippen molar-refractivity contribution in [1.82, 2.24) is 20.3 Å². The second-order valence-corrected chi connectivity index (χ2v) is 6.20. The van der Waals surface area contributed by atoms with Crippen molar-refractivity contribution in [2.75, 3.05) is 0 Å². The van der Waals surface area contributed by atoms with Crippen LogP contribution in [0.1, 0.15) is 28.0 Å². The molecule has 7 nitrogen and oxygen atoms in total. The van der Waals surface area contributed by atoms with Crippen LogP contribution in [0.15, 0.2) is 54.7 Å². The van der Waals surface area contributed by atoms with E-state index >= 15 is 0 Å². The molecule has 0 aliphatic carbocycles. The van der Waals surface area contributed by atoms with Crippen molar-refractivity contribution in [3.8, 4) is 11.1 Å². The topological polar surface area (TPSA) is 97.1 Å². The minimum Gasteiger partial charge on any atom is -0.478 e. The summed E-state index contributed by atoms with van der Waals surface area (Å²) in [6.45, 7) is 0.368. The van der Waals surface area contributed by atoms with Crippen molar-refractivity contribution in [2.24, 2.45) is 7.05 Å². The van der Waals surface area contributed by atoms with E-state index in [0.29, 0.717) is 19.4 Å². The zero-order valence-corrected chi connectivity index (χ0v) is 14.9. The van der Waals surface area contributed by atoms with Crippen molar-refractivity contribution in [3.63, 3.8) is 0 Å². The molecule has 0 saturated carbocycles. The van der Waals surface area contributed by atoms with Gasteiger partial charge in [0.25, 0.3) is 0 Å². The molecule has 2 aromatic carbocycles. The number of carboxylic acids is 1. The molecule has 0 bridgehead atoms. The van der Waals surface area contributed by atoms with Crippen LogP contribution in [0.5, 0.6) is 0 Å². The summed E-state index contributed by atoms with van der Waals surface area (Å²) in [5.41, 5.74) is 3.64. The van der Waals surface area contributed by atoms with Gasteiger partial charge in [-0.05, 0) is 28.8 Å². The molecule has 0 spiro atoms. The Labute approximate surface area is 156 Å². The second-order valence-electron chi connectivity index (χ2n) is 6.20. The molecule has 138 valence electrons. The lowest BCUT2D eigenvalue weighted by Gasteiger charge is -2.11. The number of aromatic carboxylic acids is 1. The molecule has 0 aliphatic rings. The van der Waals surface area contributed by atoms with Crippen molar-refractivity contribution in [3.05, 3.63) is 71.5 Å². The maximum Gasteiger partial charge on any atom is 0.335 e. The first kappa shape index (κ1) is 18.3. The van der Waals surface area contributed by atoms with Gasteiger partial charge >= 0.3 is 5.97 Å². The number of amides is 1. The molecule has 7 heteroatoms.